The number of aromatic nitrogens is 7. The SMILES string of the molecule is C=C(CC)c1nn2c(Sc3ccc4ncc(-c5cnn(C)c5)cc4c3)nnc2s1. The van der Waals surface area contributed by atoms with Crippen molar-refractivity contribution in [3.8, 4) is 11.1 Å². The van der Waals surface area contributed by atoms with Gasteiger partial charge in [-0.05, 0) is 48.0 Å². The van der Waals surface area contributed by atoms with Crippen LogP contribution in [0.4, 0.5) is 0 Å². The molecule has 29 heavy (non-hydrogen) atoms. The average molecular weight is 420 g/mol. The van der Waals surface area contributed by atoms with E-state index < -0.39 is 0 Å². The van der Waals surface area contributed by atoms with E-state index in [1.807, 2.05) is 37.8 Å². The highest BCUT2D eigenvalue weighted by Gasteiger charge is 2.14. The second-order valence-corrected chi connectivity index (χ2v) is 8.62. The van der Waals surface area contributed by atoms with Crippen molar-refractivity contribution >= 4 is 44.5 Å². The van der Waals surface area contributed by atoms with E-state index >= 15 is 0 Å². The van der Waals surface area contributed by atoms with Crippen LogP contribution in [-0.4, -0.2) is 34.6 Å². The van der Waals surface area contributed by atoms with Crippen LogP contribution in [0, 0.1) is 0 Å². The van der Waals surface area contributed by atoms with Crippen molar-refractivity contribution in [2.45, 2.75) is 23.4 Å². The minimum absolute atomic E-state index is 0.738. The molecular formula is C20H17N7S2. The highest BCUT2D eigenvalue weighted by Crippen LogP contribution is 2.32. The molecule has 0 unspecified atom stereocenters. The molecule has 0 aliphatic heterocycles. The van der Waals surface area contributed by atoms with Gasteiger partial charge in [-0.25, -0.2) is 0 Å². The Morgan fingerprint density at radius 2 is 2.07 bits per heavy atom. The van der Waals surface area contributed by atoms with E-state index in [2.05, 4.69) is 51.0 Å². The van der Waals surface area contributed by atoms with Gasteiger partial charge in [0, 0.05) is 40.8 Å². The Bertz CT molecular complexity index is 1360. The van der Waals surface area contributed by atoms with Gasteiger partial charge in [0.2, 0.25) is 10.1 Å². The Hall–Kier alpha value is -3.04. The Kier molecular flexibility index (Phi) is 4.40. The zero-order chi connectivity index (χ0) is 20.0. The Morgan fingerprint density at radius 3 is 2.86 bits per heavy atom. The average Bonchev–Trinajstić information content (AvgIpc) is 3.44. The molecule has 144 valence electrons. The maximum Gasteiger partial charge on any atom is 0.235 e. The van der Waals surface area contributed by atoms with Gasteiger partial charge in [0.1, 0.15) is 5.01 Å². The molecule has 0 fully saturated rings. The predicted octanol–water partition coefficient (Wildman–Crippen LogP) is 4.71. The molecule has 4 heterocycles. The third-order valence-electron chi connectivity index (χ3n) is 4.59. The number of benzene rings is 1. The number of hydrogen-bond acceptors (Lipinski definition) is 7. The molecule has 0 atom stereocenters. The second-order valence-electron chi connectivity index (χ2n) is 6.62. The summed E-state index contributed by atoms with van der Waals surface area (Å²) < 4.78 is 3.58. The molecular weight excluding hydrogens is 402 g/mol. The van der Waals surface area contributed by atoms with Gasteiger partial charge in [0.25, 0.3) is 0 Å². The van der Waals surface area contributed by atoms with Crippen LogP contribution in [0.1, 0.15) is 18.4 Å². The monoisotopic (exact) mass is 419 g/mol. The number of allylic oxidation sites excluding steroid dienone is 1. The number of nitrogens with zero attached hydrogens (tertiary/aromatic N) is 7. The molecule has 0 saturated carbocycles. The normalized spacial score (nSPS) is 11.5. The minimum Gasteiger partial charge on any atom is -0.275 e. The van der Waals surface area contributed by atoms with Gasteiger partial charge >= 0.3 is 0 Å². The van der Waals surface area contributed by atoms with E-state index in [0.717, 1.165) is 54.0 Å². The van der Waals surface area contributed by atoms with Crippen LogP contribution in [-0.2, 0) is 7.05 Å². The van der Waals surface area contributed by atoms with Crippen LogP contribution in [0.2, 0.25) is 0 Å². The van der Waals surface area contributed by atoms with Crippen molar-refractivity contribution in [3.63, 3.8) is 0 Å². The second kappa shape index (κ2) is 7.09. The number of fused-ring (bicyclic) bond motifs is 2. The van der Waals surface area contributed by atoms with Crippen LogP contribution in [0.3, 0.4) is 0 Å². The van der Waals surface area contributed by atoms with Crippen LogP contribution in [0.5, 0.6) is 0 Å². The highest BCUT2D eigenvalue weighted by molar-refractivity contribution is 7.99. The van der Waals surface area contributed by atoms with E-state index in [9.17, 15) is 0 Å². The van der Waals surface area contributed by atoms with Crippen LogP contribution >= 0.6 is 23.1 Å². The summed E-state index contributed by atoms with van der Waals surface area (Å²) in [6.07, 6.45) is 6.58. The maximum atomic E-state index is 4.63. The van der Waals surface area contributed by atoms with Gasteiger partial charge < -0.3 is 0 Å². The summed E-state index contributed by atoms with van der Waals surface area (Å²) in [7, 11) is 1.91. The summed E-state index contributed by atoms with van der Waals surface area (Å²) in [6.45, 7) is 6.14. The van der Waals surface area contributed by atoms with Crippen molar-refractivity contribution in [2.24, 2.45) is 7.05 Å². The van der Waals surface area contributed by atoms with Crippen molar-refractivity contribution in [2.75, 3.05) is 0 Å². The lowest BCUT2D eigenvalue weighted by Crippen LogP contribution is -1.90. The van der Waals surface area contributed by atoms with E-state index in [1.54, 1.807) is 9.20 Å². The molecule has 9 heteroatoms. The van der Waals surface area contributed by atoms with Crippen LogP contribution < -0.4 is 0 Å². The van der Waals surface area contributed by atoms with Crippen LogP contribution in [0.15, 0.2) is 59.5 Å². The summed E-state index contributed by atoms with van der Waals surface area (Å²) in [5, 5.41) is 20.1. The summed E-state index contributed by atoms with van der Waals surface area (Å²) >= 11 is 3.05. The fourth-order valence-electron chi connectivity index (χ4n) is 2.96. The zero-order valence-electron chi connectivity index (χ0n) is 15.9. The molecule has 5 rings (SSSR count). The minimum atomic E-state index is 0.738. The third kappa shape index (κ3) is 3.32. The highest BCUT2D eigenvalue weighted by atomic mass is 32.2. The lowest BCUT2D eigenvalue weighted by Gasteiger charge is -2.04. The first kappa shape index (κ1) is 18.0. The molecule has 0 aliphatic carbocycles. The Balaban J connectivity index is 1.49. The van der Waals surface area contributed by atoms with Gasteiger partial charge in [-0.2, -0.15) is 14.7 Å². The molecule has 0 spiro atoms. The molecule has 0 N–H and O–H groups in total. The summed E-state index contributed by atoms with van der Waals surface area (Å²) in [5.74, 6) is 0. The number of hydrogen-bond donors (Lipinski definition) is 0. The Morgan fingerprint density at radius 1 is 1.17 bits per heavy atom. The number of pyridine rings is 1. The third-order valence-corrected chi connectivity index (χ3v) is 6.52. The predicted molar refractivity (Wildman–Crippen MR) is 116 cm³/mol. The quantitative estimate of drug-likeness (QED) is 0.411. The van der Waals surface area contributed by atoms with Gasteiger partial charge in [-0.3, -0.25) is 9.67 Å². The summed E-state index contributed by atoms with van der Waals surface area (Å²) in [4.78, 5) is 6.42. The molecule has 0 radical (unpaired) electrons. The lowest BCUT2D eigenvalue weighted by atomic mass is 10.1. The molecule has 0 aliphatic rings. The lowest BCUT2D eigenvalue weighted by molar-refractivity contribution is 0.768. The van der Waals surface area contributed by atoms with Crippen molar-refractivity contribution < 1.29 is 0 Å². The standard InChI is InChI=1S/C20H17N7S2/c1-4-12(2)18-25-27-19(23-24-20(27)29-18)28-16-5-6-17-13(8-16)7-14(9-21-17)15-10-22-26(3)11-15/h5-11H,2,4H2,1,3H3. The number of rotatable bonds is 5. The van der Waals surface area contributed by atoms with Crippen LogP contribution in [0.25, 0.3) is 32.6 Å². The van der Waals surface area contributed by atoms with E-state index in [4.69, 9.17) is 0 Å². The first-order chi connectivity index (χ1) is 14.1. The van der Waals surface area contributed by atoms with Crippen molar-refractivity contribution in [1.82, 2.24) is 34.6 Å². The van der Waals surface area contributed by atoms with Crippen molar-refractivity contribution in [3.05, 3.63) is 54.4 Å². The first-order valence-electron chi connectivity index (χ1n) is 9.08. The molecule has 0 bridgehead atoms. The topological polar surface area (TPSA) is 73.8 Å². The number of aryl methyl sites for hydroxylation is 1. The van der Waals surface area contributed by atoms with E-state index in [-0.39, 0.29) is 0 Å². The molecule has 4 aromatic heterocycles. The maximum absolute atomic E-state index is 4.63. The molecule has 5 aromatic rings. The van der Waals surface area contributed by atoms with Gasteiger partial charge in [0.05, 0.1) is 11.7 Å². The zero-order valence-corrected chi connectivity index (χ0v) is 17.5. The van der Waals surface area contributed by atoms with E-state index in [0.29, 0.717) is 0 Å². The molecule has 0 amide bonds. The summed E-state index contributed by atoms with van der Waals surface area (Å²) in [5.41, 5.74) is 4.05. The van der Waals surface area contributed by atoms with Gasteiger partial charge in [-0.15, -0.1) is 10.2 Å². The van der Waals surface area contributed by atoms with Crippen molar-refractivity contribution in [1.29, 1.82) is 0 Å². The molecule has 7 nitrogen and oxygen atoms in total. The van der Waals surface area contributed by atoms with Gasteiger partial charge in [-0.1, -0.05) is 24.8 Å². The molecule has 1 aromatic carbocycles. The first-order valence-corrected chi connectivity index (χ1v) is 10.7. The van der Waals surface area contributed by atoms with E-state index in [1.165, 1.54) is 23.1 Å². The fourth-order valence-corrected chi connectivity index (χ4v) is 4.73. The smallest absolute Gasteiger partial charge is 0.235 e. The summed E-state index contributed by atoms with van der Waals surface area (Å²) in [6, 6.07) is 8.32. The van der Waals surface area contributed by atoms with Gasteiger partial charge in [0.15, 0.2) is 0 Å². The fraction of sp³-hybridized carbons (Fsp3) is 0.150. The largest absolute Gasteiger partial charge is 0.275 e. The Labute approximate surface area is 175 Å². The molecule has 0 saturated heterocycles.